The van der Waals surface area contributed by atoms with Gasteiger partial charge in [-0.1, -0.05) is 0 Å². The van der Waals surface area contributed by atoms with Gasteiger partial charge in [-0.25, -0.2) is 5.90 Å². The van der Waals surface area contributed by atoms with E-state index < -0.39 is 0 Å². The second-order valence-corrected chi connectivity index (χ2v) is 3.96. The standard InChI is InChI=1S/C13H13NO4/c1-15-12-10-3-6-16-11(10)8(4-7-18-14)9-2-5-17-13(9)12/h2-3,5-6H,4,7,14H2,1H3. The van der Waals surface area contributed by atoms with Gasteiger partial charge in [-0.3, -0.25) is 0 Å². The van der Waals surface area contributed by atoms with Gasteiger partial charge in [0.05, 0.1) is 31.6 Å². The van der Waals surface area contributed by atoms with Crippen molar-refractivity contribution in [1.29, 1.82) is 0 Å². The zero-order valence-corrected chi connectivity index (χ0v) is 9.93. The molecule has 0 fully saturated rings. The zero-order valence-electron chi connectivity index (χ0n) is 9.93. The van der Waals surface area contributed by atoms with E-state index in [2.05, 4.69) is 4.84 Å². The molecule has 3 rings (SSSR count). The Morgan fingerprint density at radius 3 is 2.56 bits per heavy atom. The summed E-state index contributed by atoms with van der Waals surface area (Å²) in [6.07, 6.45) is 3.93. The molecule has 18 heavy (non-hydrogen) atoms. The van der Waals surface area contributed by atoms with E-state index in [1.54, 1.807) is 19.6 Å². The van der Waals surface area contributed by atoms with E-state index in [0.717, 1.165) is 27.5 Å². The molecule has 2 aromatic heterocycles. The van der Waals surface area contributed by atoms with Crippen LogP contribution in [0.2, 0.25) is 0 Å². The first-order valence-electron chi connectivity index (χ1n) is 5.61. The average molecular weight is 247 g/mol. The Kier molecular flexibility index (Phi) is 2.70. The third kappa shape index (κ3) is 1.48. The molecule has 0 saturated heterocycles. The summed E-state index contributed by atoms with van der Waals surface area (Å²) in [5.74, 6) is 5.78. The van der Waals surface area contributed by atoms with Gasteiger partial charge < -0.3 is 18.4 Å². The minimum atomic E-state index is 0.419. The van der Waals surface area contributed by atoms with Crippen molar-refractivity contribution in [2.75, 3.05) is 13.7 Å². The van der Waals surface area contributed by atoms with Crippen LogP contribution >= 0.6 is 0 Å². The van der Waals surface area contributed by atoms with Crippen molar-refractivity contribution >= 4 is 21.9 Å². The molecule has 0 aliphatic carbocycles. The molecule has 1 aromatic carbocycles. The molecule has 0 aliphatic rings. The lowest BCUT2D eigenvalue weighted by molar-refractivity contribution is 0.141. The van der Waals surface area contributed by atoms with Gasteiger partial charge in [0.1, 0.15) is 5.58 Å². The molecule has 5 heteroatoms. The van der Waals surface area contributed by atoms with Gasteiger partial charge in [0.15, 0.2) is 11.3 Å². The second-order valence-electron chi connectivity index (χ2n) is 3.96. The summed E-state index contributed by atoms with van der Waals surface area (Å²) in [4.78, 5) is 4.65. The smallest absolute Gasteiger partial charge is 0.176 e. The van der Waals surface area contributed by atoms with Crippen molar-refractivity contribution in [3.63, 3.8) is 0 Å². The lowest BCUT2D eigenvalue weighted by Gasteiger charge is -2.07. The maximum Gasteiger partial charge on any atom is 0.176 e. The Balaban J connectivity index is 2.35. The third-order valence-electron chi connectivity index (χ3n) is 3.05. The van der Waals surface area contributed by atoms with Crippen molar-refractivity contribution < 1.29 is 18.4 Å². The number of hydrogen-bond donors (Lipinski definition) is 1. The van der Waals surface area contributed by atoms with Crippen LogP contribution in [0.3, 0.4) is 0 Å². The first-order chi connectivity index (χ1) is 8.86. The van der Waals surface area contributed by atoms with Crippen LogP contribution in [0.4, 0.5) is 0 Å². The number of nitrogens with two attached hydrogens (primary N) is 1. The summed E-state index contributed by atoms with van der Waals surface area (Å²) < 4.78 is 16.5. The number of furan rings is 2. The summed E-state index contributed by atoms with van der Waals surface area (Å²) in [6, 6.07) is 3.76. The molecule has 94 valence electrons. The molecule has 2 N–H and O–H groups in total. The summed E-state index contributed by atoms with van der Waals surface area (Å²) >= 11 is 0. The lowest BCUT2D eigenvalue weighted by Crippen LogP contribution is -2.04. The molecule has 0 aliphatic heterocycles. The minimum absolute atomic E-state index is 0.419. The van der Waals surface area contributed by atoms with Gasteiger partial charge >= 0.3 is 0 Å². The molecule has 5 nitrogen and oxygen atoms in total. The number of methoxy groups -OCH3 is 1. The first-order valence-corrected chi connectivity index (χ1v) is 5.61. The third-order valence-corrected chi connectivity index (χ3v) is 3.05. The Morgan fingerprint density at radius 2 is 1.83 bits per heavy atom. The van der Waals surface area contributed by atoms with Crippen LogP contribution in [0.5, 0.6) is 5.75 Å². The largest absolute Gasteiger partial charge is 0.492 e. The SMILES string of the molecule is COc1c2ccoc2c(CCON)c2ccoc12. The topological polar surface area (TPSA) is 70.8 Å². The number of fused-ring (bicyclic) bond motifs is 2. The highest BCUT2D eigenvalue weighted by Crippen LogP contribution is 2.39. The van der Waals surface area contributed by atoms with E-state index in [0.29, 0.717) is 18.8 Å². The number of benzene rings is 1. The summed E-state index contributed by atoms with van der Waals surface area (Å²) in [7, 11) is 1.62. The Hall–Kier alpha value is -1.98. The fourth-order valence-electron chi connectivity index (χ4n) is 2.30. The van der Waals surface area contributed by atoms with Crippen molar-refractivity contribution in [3.05, 3.63) is 30.2 Å². The predicted molar refractivity (Wildman–Crippen MR) is 66.4 cm³/mol. The maximum atomic E-state index is 5.55. The molecule has 0 amide bonds. The summed E-state index contributed by atoms with van der Waals surface area (Å²) in [5.41, 5.74) is 2.53. The van der Waals surface area contributed by atoms with E-state index in [9.17, 15) is 0 Å². The molecular weight excluding hydrogens is 234 g/mol. The Morgan fingerprint density at radius 1 is 1.11 bits per heavy atom. The molecule has 3 aromatic rings. The van der Waals surface area contributed by atoms with Crippen molar-refractivity contribution in [3.8, 4) is 5.75 Å². The highest BCUT2D eigenvalue weighted by molar-refractivity contribution is 6.04. The summed E-state index contributed by atoms with van der Waals surface area (Å²) in [6.45, 7) is 0.419. The van der Waals surface area contributed by atoms with Gasteiger partial charge in [0.2, 0.25) is 0 Å². The van der Waals surface area contributed by atoms with Crippen molar-refractivity contribution in [2.45, 2.75) is 6.42 Å². The zero-order chi connectivity index (χ0) is 12.5. The Labute approximate surface area is 103 Å². The van der Waals surface area contributed by atoms with Crippen LogP contribution in [0, 0.1) is 0 Å². The molecular formula is C13H13NO4. The second kappa shape index (κ2) is 4.36. The van der Waals surface area contributed by atoms with Gasteiger partial charge in [-0.15, -0.1) is 0 Å². The van der Waals surface area contributed by atoms with Crippen molar-refractivity contribution in [1.82, 2.24) is 0 Å². The molecule has 0 spiro atoms. The van der Waals surface area contributed by atoms with Gasteiger partial charge in [-0.2, -0.15) is 0 Å². The monoisotopic (exact) mass is 247 g/mol. The van der Waals surface area contributed by atoms with Crippen LogP contribution < -0.4 is 10.6 Å². The predicted octanol–water partition coefficient (Wildman–Crippen LogP) is 2.62. The normalized spacial score (nSPS) is 11.4. The molecule has 2 heterocycles. The van der Waals surface area contributed by atoms with Crippen LogP contribution in [0.1, 0.15) is 5.56 Å². The fourth-order valence-corrected chi connectivity index (χ4v) is 2.30. The molecule has 0 bridgehead atoms. The van der Waals surface area contributed by atoms with Gasteiger partial charge in [-0.05, 0) is 12.1 Å². The molecule has 0 atom stereocenters. The lowest BCUT2D eigenvalue weighted by atomic mass is 10.0. The minimum Gasteiger partial charge on any atom is -0.492 e. The van der Waals surface area contributed by atoms with E-state index in [1.165, 1.54) is 0 Å². The number of ether oxygens (including phenoxy) is 1. The Bertz CT molecular complexity index is 631. The highest BCUT2D eigenvalue weighted by Gasteiger charge is 2.18. The van der Waals surface area contributed by atoms with Gasteiger partial charge in [0, 0.05) is 17.4 Å². The van der Waals surface area contributed by atoms with Crippen LogP contribution in [0.25, 0.3) is 21.9 Å². The molecule has 0 radical (unpaired) electrons. The summed E-state index contributed by atoms with van der Waals surface area (Å²) in [5, 5.41) is 1.86. The molecule has 0 saturated carbocycles. The van der Waals surface area contributed by atoms with E-state index in [4.69, 9.17) is 19.5 Å². The quantitative estimate of drug-likeness (QED) is 0.717. The van der Waals surface area contributed by atoms with E-state index in [-0.39, 0.29) is 0 Å². The fraction of sp³-hybridized carbons (Fsp3) is 0.231. The highest BCUT2D eigenvalue weighted by atomic mass is 16.6. The van der Waals surface area contributed by atoms with Gasteiger partial charge in [0.25, 0.3) is 0 Å². The van der Waals surface area contributed by atoms with E-state index in [1.807, 2.05) is 12.1 Å². The maximum absolute atomic E-state index is 5.55. The van der Waals surface area contributed by atoms with E-state index >= 15 is 0 Å². The number of hydrogen-bond acceptors (Lipinski definition) is 5. The number of rotatable bonds is 4. The van der Waals surface area contributed by atoms with Crippen LogP contribution in [-0.4, -0.2) is 13.7 Å². The average Bonchev–Trinajstić information content (AvgIpc) is 3.02. The van der Waals surface area contributed by atoms with Crippen molar-refractivity contribution in [2.24, 2.45) is 5.90 Å². The van der Waals surface area contributed by atoms with Crippen LogP contribution in [0.15, 0.2) is 33.5 Å². The molecule has 0 unspecified atom stereocenters. The van der Waals surface area contributed by atoms with Crippen LogP contribution in [-0.2, 0) is 11.3 Å². The first kappa shape index (κ1) is 11.1.